The summed E-state index contributed by atoms with van der Waals surface area (Å²) < 4.78 is 15.6. The third-order valence-corrected chi connectivity index (χ3v) is 3.56. The van der Waals surface area contributed by atoms with E-state index in [1.165, 1.54) is 6.07 Å². The summed E-state index contributed by atoms with van der Waals surface area (Å²) in [7, 11) is 0. The molecule has 0 bridgehead atoms. The van der Waals surface area contributed by atoms with E-state index in [1.54, 1.807) is 12.1 Å². The van der Waals surface area contributed by atoms with Gasteiger partial charge in [-0.25, -0.2) is 4.39 Å². The van der Waals surface area contributed by atoms with Gasteiger partial charge in [-0.05, 0) is 29.3 Å². The van der Waals surface area contributed by atoms with Gasteiger partial charge in [0.25, 0.3) is 0 Å². The van der Waals surface area contributed by atoms with Crippen molar-refractivity contribution in [2.45, 2.75) is 13.0 Å². The van der Waals surface area contributed by atoms with Gasteiger partial charge in [-0.15, -0.1) is 0 Å². The van der Waals surface area contributed by atoms with Crippen LogP contribution in [-0.4, -0.2) is 15.6 Å². The second-order valence-corrected chi connectivity index (χ2v) is 4.96. The van der Waals surface area contributed by atoms with Crippen molar-refractivity contribution in [3.8, 4) is 0 Å². The highest BCUT2D eigenvalue weighted by molar-refractivity contribution is 5.80. The average molecular weight is 283 g/mol. The van der Waals surface area contributed by atoms with Crippen LogP contribution in [0.2, 0.25) is 0 Å². The first-order chi connectivity index (χ1) is 10.1. The molecule has 2 aromatic carbocycles. The number of hydrogen-bond acceptors (Lipinski definition) is 1. The van der Waals surface area contributed by atoms with E-state index in [4.69, 9.17) is 5.11 Å². The number of nitrogens with zero attached hydrogens (tertiary/aromatic N) is 1. The highest BCUT2D eigenvalue weighted by atomic mass is 19.1. The van der Waals surface area contributed by atoms with Crippen molar-refractivity contribution in [2.75, 3.05) is 0 Å². The van der Waals surface area contributed by atoms with Gasteiger partial charge >= 0.3 is 5.97 Å². The maximum Gasteiger partial charge on any atom is 0.307 e. The molecular weight excluding hydrogens is 269 g/mol. The Morgan fingerprint density at radius 3 is 2.57 bits per heavy atom. The summed E-state index contributed by atoms with van der Waals surface area (Å²) in [6, 6.07) is 14.1. The van der Waals surface area contributed by atoms with Gasteiger partial charge in [-0.1, -0.05) is 30.3 Å². The Balaban J connectivity index is 1.99. The molecule has 0 aliphatic rings. The molecule has 0 saturated heterocycles. The molecule has 21 heavy (non-hydrogen) atoms. The van der Waals surface area contributed by atoms with Crippen LogP contribution in [0.3, 0.4) is 0 Å². The van der Waals surface area contributed by atoms with Crippen LogP contribution in [0.15, 0.2) is 54.7 Å². The fourth-order valence-electron chi connectivity index (χ4n) is 2.55. The molecule has 3 aromatic rings. The lowest BCUT2D eigenvalue weighted by molar-refractivity contribution is -0.136. The largest absolute Gasteiger partial charge is 0.481 e. The predicted octanol–water partition coefficient (Wildman–Crippen LogP) is 3.46. The number of carboxylic acids is 1. The standard InChI is InChI=1S/C17H14FNO2/c18-15-6-3-7-16-14(15)8-9-19(16)11-13-5-2-1-4-12(13)10-17(20)21/h1-9H,10-11H2,(H,20,21). The molecule has 0 spiro atoms. The molecule has 0 radical (unpaired) electrons. The predicted molar refractivity (Wildman–Crippen MR) is 78.8 cm³/mol. The fourth-order valence-corrected chi connectivity index (χ4v) is 2.55. The van der Waals surface area contributed by atoms with Crippen LogP contribution >= 0.6 is 0 Å². The summed E-state index contributed by atoms with van der Waals surface area (Å²) in [4.78, 5) is 10.9. The normalized spacial score (nSPS) is 10.9. The minimum absolute atomic E-state index is 0.0102. The Kier molecular flexibility index (Phi) is 3.44. The van der Waals surface area contributed by atoms with Crippen LogP contribution < -0.4 is 0 Å². The van der Waals surface area contributed by atoms with Crippen molar-refractivity contribution in [1.29, 1.82) is 0 Å². The molecule has 1 heterocycles. The van der Waals surface area contributed by atoms with Crippen LogP contribution in [0.5, 0.6) is 0 Å². The third-order valence-electron chi connectivity index (χ3n) is 3.56. The first-order valence-corrected chi connectivity index (χ1v) is 6.67. The van der Waals surface area contributed by atoms with Crippen molar-refractivity contribution in [3.63, 3.8) is 0 Å². The summed E-state index contributed by atoms with van der Waals surface area (Å²) in [6.07, 6.45) is 1.81. The van der Waals surface area contributed by atoms with Gasteiger partial charge in [0.05, 0.1) is 11.9 Å². The van der Waals surface area contributed by atoms with E-state index in [0.29, 0.717) is 11.9 Å². The van der Waals surface area contributed by atoms with Crippen molar-refractivity contribution in [2.24, 2.45) is 0 Å². The molecule has 0 atom stereocenters. The third kappa shape index (κ3) is 2.65. The molecule has 1 aromatic heterocycles. The number of hydrogen-bond donors (Lipinski definition) is 1. The molecule has 3 nitrogen and oxygen atoms in total. The van der Waals surface area contributed by atoms with E-state index >= 15 is 0 Å². The Labute approximate surface area is 121 Å². The summed E-state index contributed by atoms with van der Waals surface area (Å²) in [5, 5.41) is 9.55. The number of halogens is 1. The van der Waals surface area contributed by atoms with Gasteiger partial charge in [0, 0.05) is 18.1 Å². The molecule has 0 saturated carbocycles. The van der Waals surface area contributed by atoms with Crippen LogP contribution in [0.1, 0.15) is 11.1 Å². The lowest BCUT2D eigenvalue weighted by atomic mass is 10.0. The topological polar surface area (TPSA) is 42.2 Å². The Bertz CT molecular complexity index is 807. The zero-order valence-electron chi connectivity index (χ0n) is 11.3. The number of carbonyl (C=O) groups is 1. The maximum atomic E-state index is 13.7. The van der Waals surface area contributed by atoms with Gasteiger partial charge in [0.2, 0.25) is 0 Å². The quantitative estimate of drug-likeness (QED) is 0.796. The molecule has 0 amide bonds. The monoisotopic (exact) mass is 283 g/mol. The van der Waals surface area contributed by atoms with Gasteiger partial charge in [-0.3, -0.25) is 4.79 Å². The van der Waals surface area contributed by atoms with E-state index in [1.807, 2.05) is 41.1 Å². The zero-order valence-corrected chi connectivity index (χ0v) is 11.3. The van der Waals surface area contributed by atoms with Gasteiger partial charge in [-0.2, -0.15) is 0 Å². The van der Waals surface area contributed by atoms with Gasteiger partial charge in [0.1, 0.15) is 5.82 Å². The first-order valence-electron chi connectivity index (χ1n) is 6.67. The van der Waals surface area contributed by atoms with E-state index in [-0.39, 0.29) is 12.2 Å². The second-order valence-electron chi connectivity index (χ2n) is 4.96. The first kappa shape index (κ1) is 13.4. The van der Waals surface area contributed by atoms with Crippen molar-refractivity contribution >= 4 is 16.9 Å². The van der Waals surface area contributed by atoms with Crippen molar-refractivity contribution < 1.29 is 14.3 Å². The van der Waals surface area contributed by atoms with Crippen LogP contribution in [0.4, 0.5) is 4.39 Å². The molecule has 0 unspecified atom stereocenters. The smallest absolute Gasteiger partial charge is 0.307 e. The Morgan fingerprint density at radius 1 is 1.05 bits per heavy atom. The summed E-state index contributed by atoms with van der Waals surface area (Å²) in [5.41, 5.74) is 2.52. The SMILES string of the molecule is O=C(O)Cc1ccccc1Cn1ccc2c(F)cccc21. The van der Waals surface area contributed by atoms with E-state index < -0.39 is 5.97 Å². The number of benzene rings is 2. The van der Waals surface area contributed by atoms with E-state index in [0.717, 1.165) is 16.6 Å². The minimum Gasteiger partial charge on any atom is -0.481 e. The summed E-state index contributed by atoms with van der Waals surface area (Å²) in [5.74, 6) is -1.10. The second kappa shape index (κ2) is 5.40. The van der Waals surface area contributed by atoms with E-state index in [2.05, 4.69) is 0 Å². The molecule has 0 fully saturated rings. The minimum atomic E-state index is -0.856. The number of carboxylic acid groups (broad SMARTS) is 1. The summed E-state index contributed by atoms with van der Waals surface area (Å²) >= 11 is 0. The average Bonchev–Trinajstić information content (AvgIpc) is 2.85. The fraction of sp³-hybridized carbons (Fsp3) is 0.118. The number of aromatic nitrogens is 1. The lowest BCUT2D eigenvalue weighted by Crippen LogP contribution is -2.06. The van der Waals surface area contributed by atoms with Crippen molar-refractivity contribution in [3.05, 3.63) is 71.7 Å². The lowest BCUT2D eigenvalue weighted by Gasteiger charge is -2.10. The molecule has 1 N–H and O–H groups in total. The molecule has 106 valence electrons. The molecule has 0 aliphatic carbocycles. The summed E-state index contributed by atoms with van der Waals surface area (Å²) in [6.45, 7) is 0.524. The van der Waals surface area contributed by atoms with Crippen LogP contribution in [0.25, 0.3) is 10.9 Å². The molecule has 4 heteroatoms. The highest BCUT2D eigenvalue weighted by Gasteiger charge is 2.09. The molecule has 0 aliphatic heterocycles. The van der Waals surface area contributed by atoms with Crippen LogP contribution in [-0.2, 0) is 17.8 Å². The van der Waals surface area contributed by atoms with Gasteiger partial charge < -0.3 is 9.67 Å². The maximum absolute atomic E-state index is 13.7. The van der Waals surface area contributed by atoms with E-state index in [9.17, 15) is 9.18 Å². The molecule has 3 rings (SSSR count). The van der Waals surface area contributed by atoms with Crippen LogP contribution in [0, 0.1) is 5.82 Å². The number of aliphatic carboxylic acids is 1. The number of fused-ring (bicyclic) bond motifs is 1. The zero-order chi connectivity index (χ0) is 14.8. The van der Waals surface area contributed by atoms with Crippen molar-refractivity contribution in [1.82, 2.24) is 4.57 Å². The number of rotatable bonds is 4. The highest BCUT2D eigenvalue weighted by Crippen LogP contribution is 2.21. The Morgan fingerprint density at radius 2 is 1.81 bits per heavy atom. The Hall–Kier alpha value is -2.62. The molecular formula is C17H14FNO2. The van der Waals surface area contributed by atoms with Gasteiger partial charge in [0.15, 0.2) is 0 Å².